The molecule has 0 radical (unpaired) electrons. The molecule has 6 heteroatoms. The lowest BCUT2D eigenvalue weighted by Crippen LogP contribution is -2.48. The number of rotatable bonds is 4. The van der Waals surface area contributed by atoms with Gasteiger partial charge in [-0.3, -0.25) is 4.79 Å². The third-order valence-corrected chi connectivity index (χ3v) is 6.63. The van der Waals surface area contributed by atoms with Gasteiger partial charge in [0.1, 0.15) is 0 Å². The van der Waals surface area contributed by atoms with E-state index in [1.807, 2.05) is 29.8 Å². The summed E-state index contributed by atoms with van der Waals surface area (Å²) in [6.45, 7) is 1.99. The minimum Gasteiger partial charge on any atom is -0.349 e. The molecular formula is C21H25ClN4O. The van der Waals surface area contributed by atoms with Crippen molar-refractivity contribution in [3.8, 4) is 5.69 Å². The zero-order valence-corrected chi connectivity index (χ0v) is 16.3. The van der Waals surface area contributed by atoms with E-state index in [1.54, 1.807) is 6.20 Å². The average Bonchev–Trinajstić information content (AvgIpc) is 3.30. The minimum atomic E-state index is 0.0210. The summed E-state index contributed by atoms with van der Waals surface area (Å²) in [5.41, 5.74) is 3.72. The van der Waals surface area contributed by atoms with E-state index in [9.17, 15) is 4.79 Å². The predicted molar refractivity (Wildman–Crippen MR) is 106 cm³/mol. The molecule has 2 unspecified atom stereocenters. The Morgan fingerprint density at radius 3 is 2.63 bits per heavy atom. The van der Waals surface area contributed by atoms with Gasteiger partial charge in [0.05, 0.1) is 23.1 Å². The summed E-state index contributed by atoms with van der Waals surface area (Å²) in [7, 11) is 0. The predicted octanol–water partition coefficient (Wildman–Crippen LogP) is 3.72. The first-order chi connectivity index (χ1) is 13.1. The van der Waals surface area contributed by atoms with Crippen LogP contribution in [0.3, 0.4) is 0 Å². The van der Waals surface area contributed by atoms with Crippen molar-refractivity contribution < 1.29 is 4.79 Å². The number of carbonyl (C=O) groups is 1. The zero-order chi connectivity index (χ0) is 18.5. The second-order valence-corrected chi connectivity index (χ2v) is 8.75. The molecule has 3 fully saturated rings. The number of fused-ring (bicyclic) bond motifs is 2. The van der Waals surface area contributed by atoms with E-state index in [-0.39, 0.29) is 11.9 Å². The Bertz CT molecular complexity index is 876. The van der Waals surface area contributed by atoms with Gasteiger partial charge in [0.25, 0.3) is 5.91 Å². The number of aryl methyl sites for hydroxylation is 1. The average molecular weight is 385 g/mol. The summed E-state index contributed by atoms with van der Waals surface area (Å²) in [5.74, 6) is 0.435. The maximum Gasteiger partial charge on any atom is 0.255 e. The van der Waals surface area contributed by atoms with Crippen LogP contribution in [-0.4, -0.2) is 33.8 Å². The number of halogens is 1. The maximum absolute atomic E-state index is 13.1. The highest BCUT2D eigenvalue weighted by molar-refractivity contribution is 6.31. The number of hydrogen-bond acceptors (Lipinski definition) is 3. The maximum atomic E-state index is 13.1. The molecule has 5 rings (SSSR count). The molecule has 1 aromatic heterocycles. The fourth-order valence-corrected chi connectivity index (χ4v) is 4.81. The SMILES string of the molecule is Cc1ccc(-n2ncc(C(=O)NC3CC4CCC(C3)N4)c2C2CC2)cc1Cl. The Morgan fingerprint density at radius 1 is 1.22 bits per heavy atom. The molecule has 2 aromatic rings. The van der Waals surface area contributed by atoms with Crippen molar-refractivity contribution in [3.05, 3.63) is 46.2 Å². The van der Waals surface area contributed by atoms with Crippen LogP contribution >= 0.6 is 11.6 Å². The van der Waals surface area contributed by atoms with E-state index in [0.717, 1.165) is 53.2 Å². The highest BCUT2D eigenvalue weighted by Crippen LogP contribution is 2.42. The molecule has 2 atom stereocenters. The summed E-state index contributed by atoms with van der Waals surface area (Å²) in [6.07, 6.45) is 8.48. The van der Waals surface area contributed by atoms with E-state index in [1.165, 1.54) is 12.8 Å². The highest BCUT2D eigenvalue weighted by atomic mass is 35.5. The Kier molecular flexibility index (Phi) is 4.25. The summed E-state index contributed by atoms with van der Waals surface area (Å²) in [4.78, 5) is 13.1. The largest absolute Gasteiger partial charge is 0.349 e. The topological polar surface area (TPSA) is 59.0 Å². The van der Waals surface area contributed by atoms with Gasteiger partial charge < -0.3 is 10.6 Å². The quantitative estimate of drug-likeness (QED) is 0.844. The normalized spacial score (nSPS) is 27.0. The molecule has 1 saturated carbocycles. The molecule has 2 saturated heterocycles. The first kappa shape index (κ1) is 17.3. The van der Waals surface area contributed by atoms with Crippen LogP contribution in [-0.2, 0) is 0 Å². The number of benzene rings is 1. The standard InChI is InChI=1S/C21H25ClN4O/c1-12-2-7-17(10-19(12)22)26-20(13-3-4-13)18(11-23-26)21(27)25-16-8-14-5-6-15(9-16)24-14/h2,7,10-11,13-16,24H,3-6,8-9H2,1H3,(H,25,27). The van der Waals surface area contributed by atoms with Crippen LogP contribution in [0.15, 0.2) is 24.4 Å². The van der Waals surface area contributed by atoms with Gasteiger partial charge >= 0.3 is 0 Å². The molecule has 0 spiro atoms. The first-order valence-electron chi connectivity index (χ1n) is 10.00. The number of carbonyl (C=O) groups excluding carboxylic acids is 1. The van der Waals surface area contributed by atoms with E-state index < -0.39 is 0 Å². The molecule has 5 nitrogen and oxygen atoms in total. The highest BCUT2D eigenvalue weighted by Gasteiger charge is 2.36. The van der Waals surface area contributed by atoms with E-state index in [0.29, 0.717) is 18.0 Å². The van der Waals surface area contributed by atoms with Crippen molar-refractivity contribution in [1.29, 1.82) is 0 Å². The van der Waals surface area contributed by atoms with E-state index in [2.05, 4.69) is 15.7 Å². The molecular weight excluding hydrogens is 360 g/mol. The van der Waals surface area contributed by atoms with Gasteiger partial charge in [0, 0.05) is 29.1 Å². The molecule has 2 N–H and O–H groups in total. The van der Waals surface area contributed by atoms with Crippen molar-refractivity contribution in [2.75, 3.05) is 0 Å². The van der Waals surface area contributed by atoms with Gasteiger partial charge in [-0.05, 0) is 63.1 Å². The Labute approximate surface area is 164 Å². The van der Waals surface area contributed by atoms with Crippen LogP contribution in [0.1, 0.15) is 66.1 Å². The molecule has 142 valence electrons. The van der Waals surface area contributed by atoms with Gasteiger partial charge in [-0.15, -0.1) is 0 Å². The number of nitrogens with zero attached hydrogens (tertiary/aromatic N) is 2. The van der Waals surface area contributed by atoms with Crippen LogP contribution in [0.25, 0.3) is 5.69 Å². The van der Waals surface area contributed by atoms with Crippen molar-refractivity contribution in [2.24, 2.45) is 0 Å². The van der Waals surface area contributed by atoms with Crippen molar-refractivity contribution >= 4 is 17.5 Å². The van der Waals surface area contributed by atoms with Crippen molar-refractivity contribution in [2.45, 2.75) is 69.5 Å². The number of nitrogens with one attached hydrogen (secondary N) is 2. The molecule has 1 aliphatic carbocycles. The van der Waals surface area contributed by atoms with Crippen LogP contribution in [0.5, 0.6) is 0 Å². The Balaban J connectivity index is 1.41. The second-order valence-electron chi connectivity index (χ2n) is 8.34. The fourth-order valence-electron chi connectivity index (χ4n) is 4.64. The van der Waals surface area contributed by atoms with Gasteiger partial charge in [0.15, 0.2) is 0 Å². The molecule has 3 heterocycles. The van der Waals surface area contributed by atoms with Gasteiger partial charge in [-0.25, -0.2) is 4.68 Å². The van der Waals surface area contributed by atoms with Crippen LogP contribution in [0.4, 0.5) is 0 Å². The zero-order valence-electron chi connectivity index (χ0n) is 15.5. The molecule has 3 aliphatic rings. The summed E-state index contributed by atoms with van der Waals surface area (Å²) in [6, 6.07) is 7.35. The van der Waals surface area contributed by atoms with Crippen LogP contribution < -0.4 is 10.6 Å². The molecule has 1 amide bonds. The lowest BCUT2D eigenvalue weighted by Gasteiger charge is -2.29. The summed E-state index contributed by atoms with van der Waals surface area (Å²) in [5, 5.41) is 12.2. The van der Waals surface area contributed by atoms with Crippen LogP contribution in [0, 0.1) is 6.92 Å². The van der Waals surface area contributed by atoms with E-state index in [4.69, 9.17) is 11.6 Å². The third-order valence-electron chi connectivity index (χ3n) is 6.22. The molecule has 2 bridgehead atoms. The van der Waals surface area contributed by atoms with Crippen molar-refractivity contribution in [1.82, 2.24) is 20.4 Å². The second kappa shape index (κ2) is 6.64. The Morgan fingerprint density at radius 2 is 1.96 bits per heavy atom. The smallest absolute Gasteiger partial charge is 0.255 e. The summed E-state index contributed by atoms with van der Waals surface area (Å²) < 4.78 is 1.91. The number of aromatic nitrogens is 2. The van der Waals surface area contributed by atoms with Gasteiger partial charge in [0.2, 0.25) is 0 Å². The van der Waals surface area contributed by atoms with Crippen molar-refractivity contribution in [3.63, 3.8) is 0 Å². The minimum absolute atomic E-state index is 0.0210. The molecule has 2 aliphatic heterocycles. The Hall–Kier alpha value is -1.85. The molecule has 1 aromatic carbocycles. The van der Waals surface area contributed by atoms with Gasteiger partial charge in [-0.1, -0.05) is 17.7 Å². The van der Waals surface area contributed by atoms with Gasteiger partial charge in [-0.2, -0.15) is 5.10 Å². The monoisotopic (exact) mass is 384 g/mol. The summed E-state index contributed by atoms with van der Waals surface area (Å²) >= 11 is 6.32. The first-order valence-corrected chi connectivity index (χ1v) is 10.4. The van der Waals surface area contributed by atoms with Crippen LogP contribution in [0.2, 0.25) is 5.02 Å². The van der Waals surface area contributed by atoms with E-state index >= 15 is 0 Å². The fraction of sp³-hybridized carbons (Fsp3) is 0.524. The number of piperidine rings is 1. The molecule has 27 heavy (non-hydrogen) atoms. The number of hydrogen-bond donors (Lipinski definition) is 2. The third kappa shape index (κ3) is 3.27. The lowest BCUT2D eigenvalue weighted by molar-refractivity contribution is 0.0923. The lowest BCUT2D eigenvalue weighted by atomic mass is 9.99. The number of amides is 1.